The lowest BCUT2D eigenvalue weighted by Gasteiger charge is -2.49. The second-order valence-corrected chi connectivity index (χ2v) is 10.2. The zero-order chi connectivity index (χ0) is 23.0. The second kappa shape index (κ2) is 8.71. The Morgan fingerprint density at radius 3 is 2.75 bits per heavy atom. The molecule has 0 aliphatic carbocycles. The normalized spacial score (nSPS) is 24.8. The number of thioether (sulfide) groups is 1. The van der Waals surface area contributed by atoms with E-state index in [0.717, 1.165) is 47.3 Å². The van der Waals surface area contributed by atoms with Crippen LogP contribution in [0.4, 0.5) is 5.13 Å². The summed E-state index contributed by atoms with van der Waals surface area (Å²) in [5, 5.41) is 17.6. The molecular formula is C19H25N6O5S2+. The van der Waals surface area contributed by atoms with Crippen LogP contribution in [0.5, 0.6) is 0 Å². The molecule has 1 aromatic rings. The Hall–Kier alpha value is -2.64. The van der Waals surface area contributed by atoms with Crippen LogP contribution < -0.4 is 11.1 Å². The summed E-state index contributed by atoms with van der Waals surface area (Å²) < 4.78 is 0.785. The lowest BCUT2D eigenvalue weighted by molar-refractivity contribution is -0.893. The van der Waals surface area contributed by atoms with Crippen molar-refractivity contribution in [3.63, 3.8) is 0 Å². The van der Waals surface area contributed by atoms with E-state index in [1.54, 1.807) is 5.38 Å². The molecule has 2 atom stereocenters. The first-order valence-corrected chi connectivity index (χ1v) is 12.0. The Morgan fingerprint density at radius 2 is 2.16 bits per heavy atom. The number of nitrogen functional groups attached to an aromatic ring is 1. The highest BCUT2D eigenvalue weighted by Crippen LogP contribution is 2.41. The summed E-state index contributed by atoms with van der Waals surface area (Å²) in [5.74, 6) is -1.71. The van der Waals surface area contributed by atoms with Crippen LogP contribution in [0.25, 0.3) is 0 Å². The molecule has 1 aromatic heterocycles. The first kappa shape index (κ1) is 22.6. The van der Waals surface area contributed by atoms with Crippen molar-refractivity contribution in [2.75, 3.05) is 45.3 Å². The van der Waals surface area contributed by atoms with Gasteiger partial charge in [0.15, 0.2) is 10.8 Å². The van der Waals surface area contributed by atoms with Gasteiger partial charge in [-0.2, -0.15) is 0 Å². The number of thiazole rings is 1. The molecular weight excluding hydrogens is 456 g/mol. The first-order valence-electron chi connectivity index (χ1n) is 10.1. The molecule has 3 aliphatic heterocycles. The highest BCUT2D eigenvalue weighted by molar-refractivity contribution is 8.00. The Morgan fingerprint density at radius 1 is 1.44 bits per heavy atom. The molecule has 4 N–H and O–H groups in total. The van der Waals surface area contributed by atoms with Crippen molar-refractivity contribution in [3.8, 4) is 0 Å². The number of fused-ring (bicyclic) bond motifs is 1. The number of nitrogens with one attached hydrogen (secondary N) is 1. The minimum absolute atomic E-state index is 0.0496. The fourth-order valence-corrected chi connectivity index (χ4v) is 6.31. The Labute approximate surface area is 192 Å². The molecule has 0 bridgehead atoms. The molecule has 2 amide bonds. The van der Waals surface area contributed by atoms with Crippen molar-refractivity contribution < 1.29 is 28.8 Å². The summed E-state index contributed by atoms with van der Waals surface area (Å²) in [6.07, 6.45) is 2.24. The molecule has 0 aromatic carbocycles. The van der Waals surface area contributed by atoms with Crippen molar-refractivity contribution in [3.05, 3.63) is 22.3 Å². The topological polar surface area (TPSA) is 147 Å². The third-order valence-electron chi connectivity index (χ3n) is 5.92. The molecule has 172 valence electrons. The maximum Gasteiger partial charge on any atom is 0.352 e. The molecule has 4 rings (SSSR count). The fraction of sp³-hybridized carbons (Fsp3) is 0.526. The van der Waals surface area contributed by atoms with E-state index in [0.29, 0.717) is 12.3 Å². The SMILES string of the molecule is CO/N=C(\C(=O)N[C@@H]1C(=O)N2C(C(=O)O)=C(C[N+]3(C)CCCC3)CSC12)c1csc(N)n1. The van der Waals surface area contributed by atoms with Gasteiger partial charge in [-0.1, -0.05) is 5.16 Å². The quantitative estimate of drug-likeness (QED) is 0.214. The minimum atomic E-state index is -1.12. The van der Waals surface area contributed by atoms with E-state index in [1.165, 1.54) is 23.8 Å². The number of anilines is 1. The molecule has 4 heterocycles. The van der Waals surface area contributed by atoms with Gasteiger partial charge in [-0.15, -0.1) is 23.1 Å². The van der Waals surface area contributed by atoms with E-state index in [2.05, 4.69) is 22.5 Å². The van der Waals surface area contributed by atoms with Gasteiger partial charge in [0.2, 0.25) is 0 Å². The van der Waals surface area contributed by atoms with Gasteiger partial charge in [0.25, 0.3) is 11.8 Å². The summed E-state index contributed by atoms with van der Waals surface area (Å²) in [5.41, 5.74) is 6.59. The van der Waals surface area contributed by atoms with E-state index in [1.807, 2.05) is 0 Å². The monoisotopic (exact) mass is 481 g/mol. The number of carbonyl (C=O) groups excluding carboxylic acids is 2. The first-order chi connectivity index (χ1) is 15.2. The maximum atomic E-state index is 12.9. The van der Waals surface area contributed by atoms with Gasteiger partial charge in [0.1, 0.15) is 36.5 Å². The Kier molecular flexibility index (Phi) is 6.14. The van der Waals surface area contributed by atoms with Crippen molar-refractivity contribution >= 4 is 51.7 Å². The molecule has 32 heavy (non-hydrogen) atoms. The number of quaternary nitrogens is 1. The third-order valence-corrected chi connectivity index (χ3v) is 7.93. The van der Waals surface area contributed by atoms with Crippen LogP contribution in [0.15, 0.2) is 21.8 Å². The number of aromatic nitrogens is 1. The van der Waals surface area contributed by atoms with Crippen molar-refractivity contribution in [1.82, 2.24) is 15.2 Å². The molecule has 0 spiro atoms. The van der Waals surface area contributed by atoms with Crippen LogP contribution in [-0.2, 0) is 19.2 Å². The van der Waals surface area contributed by atoms with Crippen LogP contribution in [-0.4, -0.2) is 93.9 Å². The van der Waals surface area contributed by atoms with E-state index in [-0.39, 0.29) is 22.2 Å². The molecule has 0 radical (unpaired) electrons. The smallest absolute Gasteiger partial charge is 0.352 e. The van der Waals surface area contributed by atoms with Crippen LogP contribution in [0.1, 0.15) is 18.5 Å². The number of carboxylic acid groups (broad SMARTS) is 1. The van der Waals surface area contributed by atoms with E-state index >= 15 is 0 Å². The zero-order valence-electron chi connectivity index (χ0n) is 17.7. The summed E-state index contributed by atoms with van der Waals surface area (Å²) in [6, 6.07) is -0.863. The number of nitrogens with zero attached hydrogens (tertiary/aromatic N) is 4. The number of carboxylic acids is 1. The van der Waals surface area contributed by atoms with E-state index in [9.17, 15) is 19.5 Å². The van der Waals surface area contributed by atoms with Crippen molar-refractivity contribution in [2.24, 2.45) is 5.16 Å². The van der Waals surface area contributed by atoms with Crippen LogP contribution in [0, 0.1) is 0 Å². The Balaban J connectivity index is 1.52. The molecule has 3 aliphatic rings. The number of aliphatic carboxylic acids is 1. The largest absolute Gasteiger partial charge is 0.477 e. The van der Waals surface area contributed by atoms with Crippen LogP contribution in [0.2, 0.25) is 0 Å². The maximum absolute atomic E-state index is 12.9. The van der Waals surface area contributed by atoms with E-state index < -0.39 is 29.2 Å². The van der Waals surface area contributed by atoms with Gasteiger partial charge in [-0.05, 0) is 0 Å². The number of amides is 2. The summed E-state index contributed by atoms with van der Waals surface area (Å²) >= 11 is 2.61. The van der Waals surface area contributed by atoms with Crippen molar-refractivity contribution in [2.45, 2.75) is 24.3 Å². The fourth-order valence-electron chi connectivity index (χ4n) is 4.42. The van der Waals surface area contributed by atoms with Gasteiger partial charge < -0.3 is 25.5 Å². The number of rotatable bonds is 7. The standard InChI is InChI=1S/C19H24N6O5S2/c1-25(5-3-4-6-25)7-10-8-31-17-13(16(27)24(17)14(10)18(28)29)22-15(26)12(23-30-2)11-9-32-19(20)21-11/h9,13,17H,3-8H2,1-2H3,(H3-,20,21,22,26,28,29)/p+1/b23-12-/t13-,17?/m1/s1. The molecule has 0 saturated carbocycles. The lowest BCUT2D eigenvalue weighted by atomic mass is 10.0. The number of nitrogens with two attached hydrogens (primary N) is 1. The highest BCUT2D eigenvalue weighted by atomic mass is 32.2. The van der Waals surface area contributed by atoms with Crippen LogP contribution in [0.3, 0.4) is 0 Å². The molecule has 13 heteroatoms. The van der Waals surface area contributed by atoms with Gasteiger partial charge in [0, 0.05) is 29.5 Å². The predicted octanol–water partition coefficient (Wildman–Crippen LogP) is 0.0548. The predicted molar refractivity (Wildman–Crippen MR) is 120 cm³/mol. The summed E-state index contributed by atoms with van der Waals surface area (Å²) in [7, 11) is 3.42. The second-order valence-electron chi connectivity index (χ2n) is 8.24. The minimum Gasteiger partial charge on any atom is -0.477 e. The van der Waals surface area contributed by atoms with Gasteiger partial charge in [-0.25, -0.2) is 9.78 Å². The number of oxime groups is 1. The number of hydrogen-bond acceptors (Lipinski definition) is 9. The van der Waals surface area contributed by atoms with E-state index in [4.69, 9.17) is 10.6 Å². The number of likely N-dealkylation sites (tertiary alicyclic amines) is 1. The average Bonchev–Trinajstić information content (AvgIpc) is 3.37. The summed E-state index contributed by atoms with van der Waals surface area (Å²) in [4.78, 5) is 47.9. The number of hydrogen-bond donors (Lipinski definition) is 3. The highest BCUT2D eigenvalue weighted by Gasteiger charge is 2.55. The lowest BCUT2D eigenvalue weighted by Crippen LogP contribution is -2.71. The number of β-lactam (4-membered cyclic amide) rings is 1. The summed E-state index contributed by atoms with van der Waals surface area (Å²) in [6.45, 7) is 2.61. The Bertz CT molecular complexity index is 1020. The van der Waals surface area contributed by atoms with Gasteiger partial charge in [0.05, 0.1) is 20.1 Å². The molecule has 2 fully saturated rings. The third kappa shape index (κ3) is 4.07. The molecule has 1 unspecified atom stereocenters. The average molecular weight is 482 g/mol. The van der Waals surface area contributed by atoms with Crippen LogP contribution >= 0.6 is 23.1 Å². The molecule has 2 saturated heterocycles. The number of carbonyl (C=O) groups is 3. The van der Waals surface area contributed by atoms with Gasteiger partial charge >= 0.3 is 5.97 Å². The van der Waals surface area contributed by atoms with Crippen molar-refractivity contribution in [1.29, 1.82) is 0 Å². The molecule has 11 nitrogen and oxygen atoms in total. The zero-order valence-corrected chi connectivity index (χ0v) is 19.4. The van der Waals surface area contributed by atoms with Gasteiger partial charge in [-0.3, -0.25) is 14.5 Å². The number of likely N-dealkylation sites (N-methyl/N-ethyl adjacent to an activating group) is 1.